The van der Waals surface area contributed by atoms with Crippen molar-refractivity contribution >= 4 is 5.82 Å². The quantitative estimate of drug-likeness (QED) is 0.858. The minimum absolute atomic E-state index is 0.225. The van der Waals surface area contributed by atoms with Crippen LogP contribution in [0.15, 0.2) is 0 Å². The van der Waals surface area contributed by atoms with Gasteiger partial charge >= 0.3 is 0 Å². The van der Waals surface area contributed by atoms with E-state index in [0.29, 0.717) is 5.92 Å². The SMILES string of the molecule is COC(C)(C)Cc1nc(C)n(CC(C)C)c1N. The van der Waals surface area contributed by atoms with E-state index in [9.17, 15) is 0 Å². The monoisotopic (exact) mass is 239 g/mol. The number of rotatable bonds is 5. The Morgan fingerprint density at radius 1 is 1.41 bits per heavy atom. The number of nitrogens with two attached hydrogens (primary N) is 1. The van der Waals surface area contributed by atoms with Gasteiger partial charge in [0.1, 0.15) is 11.6 Å². The maximum absolute atomic E-state index is 6.16. The van der Waals surface area contributed by atoms with Gasteiger partial charge < -0.3 is 15.0 Å². The van der Waals surface area contributed by atoms with Crippen LogP contribution >= 0.6 is 0 Å². The zero-order valence-electron chi connectivity index (χ0n) is 11.9. The normalized spacial score (nSPS) is 12.4. The third kappa shape index (κ3) is 3.46. The zero-order chi connectivity index (χ0) is 13.2. The van der Waals surface area contributed by atoms with E-state index in [1.807, 2.05) is 20.8 Å². The predicted molar refractivity (Wildman–Crippen MR) is 71.0 cm³/mol. The standard InChI is InChI=1S/C13H25N3O/c1-9(2)8-16-10(3)15-11(12(16)14)7-13(4,5)17-6/h9H,7-8,14H2,1-6H3. The lowest BCUT2D eigenvalue weighted by Gasteiger charge is -2.21. The van der Waals surface area contributed by atoms with Crippen LogP contribution in [0.5, 0.6) is 0 Å². The summed E-state index contributed by atoms with van der Waals surface area (Å²) in [6, 6.07) is 0. The molecule has 1 aromatic heterocycles. The van der Waals surface area contributed by atoms with E-state index in [1.165, 1.54) is 0 Å². The van der Waals surface area contributed by atoms with Crippen LogP contribution in [0.2, 0.25) is 0 Å². The van der Waals surface area contributed by atoms with Gasteiger partial charge in [-0.05, 0) is 26.7 Å². The van der Waals surface area contributed by atoms with Crippen molar-refractivity contribution in [1.82, 2.24) is 9.55 Å². The molecule has 1 aromatic rings. The fraction of sp³-hybridized carbons (Fsp3) is 0.769. The summed E-state index contributed by atoms with van der Waals surface area (Å²) in [5, 5.41) is 0. The third-order valence-electron chi connectivity index (χ3n) is 2.97. The third-order valence-corrected chi connectivity index (χ3v) is 2.97. The van der Waals surface area contributed by atoms with Gasteiger partial charge in [0, 0.05) is 20.1 Å². The van der Waals surface area contributed by atoms with Gasteiger partial charge in [-0.3, -0.25) is 0 Å². The second-order valence-corrected chi connectivity index (χ2v) is 5.64. The number of anilines is 1. The number of methoxy groups -OCH3 is 1. The molecular formula is C13H25N3O. The molecule has 0 saturated carbocycles. The van der Waals surface area contributed by atoms with E-state index in [4.69, 9.17) is 10.5 Å². The minimum atomic E-state index is -0.225. The van der Waals surface area contributed by atoms with Gasteiger partial charge in [0.05, 0.1) is 11.3 Å². The number of nitrogens with zero attached hydrogens (tertiary/aromatic N) is 2. The van der Waals surface area contributed by atoms with Gasteiger partial charge in [-0.15, -0.1) is 0 Å². The number of aryl methyl sites for hydroxylation is 1. The molecule has 0 aromatic carbocycles. The van der Waals surface area contributed by atoms with Gasteiger partial charge in [0.15, 0.2) is 0 Å². The van der Waals surface area contributed by atoms with Gasteiger partial charge in [-0.2, -0.15) is 0 Å². The lowest BCUT2D eigenvalue weighted by molar-refractivity contribution is 0.0226. The molecule has 0 atom stereocenters. The van der Waals surface area contributed by atoms with E-state index in [1.54, 1.807) is 7.11 Å². The number of nitrogen functional groups attached to an aromatic ring is 1. The van der Waals surface area contributed by atoms with Gasteiger partial charge in [-0.1, -0.05) is 13.8 Å². The first-order chi connectivity index (χ1) is 7.76. The van der Waals surface area contributed by atoms with E-state index >= 15 is 0 Å². The topological polar surface area (TPSA) is 53.1 Å². The highest BCUT2D eigenvalue weighted by atomic mass is 16.5. The Balaban J connectivity index is 2.96. The van der Waals surface area contributed by atoms with Crippen molar-refractivity contribution in [2.45, 2.75) is 53.2 Å². The molecule has 0 radical (unpaired) electrons. The highest BCUT2D eigenvalue weighted by Crippen LogP contribution is 2.22. The Morgan fingerprint density at radius 2 is 2.00 bits per heavy atom. The number of ether oxygens (including phenoxy) is 1. The van der Waals surface area contributed by atoms with Crippen LogP contribution in [0.4, 0.5) is 5.82 Å². The lowest BCUT2D eigenvalue weighted by atomic mass is 10.0. The van der Waals surface area contributed by atoms with Crippen LogP contribution < -0.4 is 5.73 Å². The summed E-state index contributed by atoms with van der Waals surface area (Å²) in [4.78, 5) is 4.55. The molecule has 0 unspecified atom stereocenters. The second kappa shape index (κ2) is 5.08. The van der Waals surface area contributed by atoms with Gasteiger partial charge in [-0.25, -0.2) is 4.98 Å². The molecule has 4 nitrogen and oxygen atoms in total. The fourth-order valence-electron chi connectivity index (χ4n) is 1.84. The van der Waals surface area contributed by atoms with Crippen LogP contribution in [0.25, 0.3) is 0 Å². The van der Waals surface area contributed by atoms with Crippen molar-refractivity contribution in [2.24, 2.45) is 5.92 Å². The van der Waals surface area contributed by atoms with Crippen molar-refractivity contribution in [3.05, 3.63) is 11.5 Å². The van der Waals surface area contributed by atoms with Gasteiger partial charge in [0.25, 0.3) is 0 Å². The average molecular weight is 239 g/mol. The summed E-state index contributed by atoms with van der Waals surface area (Å²) in [6.07, 6.45) is 0.737. The van der Waals surface area contributed by atoms with E-state index in [2.05, 4.69) is 23.4 Å². The van der Waals surface area contributed by atoms with Crippen LogP contribution in [-0.2, 0) is 17.7 Å². The molecule has 0 aliphatic carbocycles. The largest absolute Gasteiger partial charge is 0.384 e. The highest BCUT2D eigenvalue weighted by molar-refractivity contribution is 5.39. The molecule has 0 fully saturated rings. The first-order valence-electron chi connectivity index (χ1n) is 6.13. The van der Waals surface area contributed by atoms with Crippen molar-refractivity contribution in [3.8, 4) is 0 Å². The summed E-state index contributed by atoms with van der Waals surface area (Å²) < 4.78 is 7.51. The smallest absolute Gasteiger partial charge is 0.126 e. The summed E-state index contributed by atoms with van der Waals surface area (Å²) >= 11 is 0. The number of imidazole rings is 1. The van der Waals surface area contributed by atoms with E-state index in [-0.39, 0.29) is 5.60 Å². The van der Waals surface area contributed by atoms with Crippen molar-refractivity contribution in [1.29, 1.82) is 0 Å². The average Bonchev–Trinajstić information content (AvgIpc) is 2.45. The molecule has 0 saturated heterocycles. The lowest BCUT2D eigenvalue weighted by Crippen LogP contribution is -2.26. The number of hydrogen-bond acceptors (Lipinski definition) is 3. The highest BCUT2D eigenvalue weighted by Gasteiger charge is 2.22. The van der Waals surface area contributed by atoms with Crippen LogP contribution in [0.1, 0.15) is 39.2 Å². The Bertz CT molecular complexity index is 380. The molecule has 4 heteroatoms. The maximum Gasteiger partial charge on any atom is 0.126 e. The molecule has 17 heavy (non-hydrogen) atoms. The first-order valence-corrected chi connectivity index (χ1v) is 6.13. The van der Waals surface area contributed by atoms with Crippen molar-refractivity contribution in [3.63, 3.8) is 0 Å². The van der Waals surface area contributed by atoms with Crippen LogP contribution in [0, 0.1) is 12.8 Å². The fourth-order valence-corrected chi connectivity index (χ4v) is 1.84. The molecule has 0 bridgehead atoms. The number of hydrogen-bond donors (Lipinski definition) is 1. The summed E-state index contributed by atoms with van der Waals surface area (Å²) in [7, 11) is 1.72. The maximum atomic E-state index is 6.16. The molecular weight excluding hydrogens is 214 g/mol. The second-order valence-electron chi connectivity index (χ2n) is 5.64. The molecule has 1 rings (SSSR count). The summed E-state index contributed by atoms with van der Waals surface area (Å²) in [6.45, 7) is 11.4. The Morgan fingerprint density at radius 3 is 2.47 bits per heavy atom. The zero-order valence-corrected chi connectivity index (χ0v) is 11.9. The Hall–Kier alpha value is -1.03. The van der Waals surface area contributed by atoms with Crippen molar-refractivity contribution < 1.29 is 4.74 Å². The molecule has 0 aliphatic heterocycles. The molecule has 1 heterocycles. The Kier molecular flexibility index (Phi) is 4.20. The Labute approximate surface area is 104 Å². The van der Waals surface area contributed by atoms with Gasteiger partial charge in [0.2, 0.25) is 0 Å². The van der Waals surface area contributed by atoms with Crippen LogP contribution in [-0.4, -0.2) is 22.3 Å². The summed E-state index contributed by atoms with van der Waals surface area (Å²) in [5.74, 6) is 2.33. The van der Waals surface area contributed by atoms with E-state index < -0.39 is 0 Å². The number of aromatic nitrogens is 2. The van der Waals surface area contributed by atoms with E-state index in [0.717, 1.165) is 30.3 Å². The first kappa shape index (κ1) is 14.0. The molecule has 2 N–H and O–H groups in total. The van der Waals surface area contributed by atoms with Crippen LogP contribution in [0.3, 0.4) is 0 Å². The molecule has 0 amide bonds. The van der Waals surface area contributed by atoms with Crippen molar-refractivity contribution in [2.75, 3.05) is 12.8 Å². The predicted octanol–water partition coefficient (Wildman–Crippen LogP) is 2.40. The summed E-state index contributed by atoms with van der Waals surface area (Å²) in [5.41, 5.74) is 6.87. The molecule has 98 valence electrons. The molecule has 0 spiro atoms. The minimum Gasteiger partial charge on any atom is -0.384 e. The molecule has 0 aliphatic rings.